The Hall–Kier alpha value is -0.670. The summed E-state index contributed by atoms with van der Waals surface area (Å²) in [5, 5.41) is 11.1. The molecule has 13 heavy (non-hydrogen) atoms. The molecule has 3 heteroatoms. The monoisotopic (exact) mass is 183 g/mol. The van der Waals surface area contributed by atoms with Crippen molar-refractivity contribution in [2.45, 2.75) is 45.7 Å². The Kier molecular flexibility index (Phi) is 2.13. The lowest BCUT2D eigenvalue weighted by Crippen LogP contribution is -2.48. The van der Waals surface area contributed by atoms with Crippen LogP contribution in [0.2, 0.25) is 0 Å². The first-order valence-corrected chi connectivity index (χ1v) is 4.42. The number of hydroxylamine groups is 2. The van der Waals surface area contributed by atoms with E-state index in [1.54, 1.807) is 0 Å². The second kappa shape index (κ2) is 2.66. The predicted molar refractivity (Wildman–Crippen MR) is 50.5 cm³/mol. The third-order valence-electron chi connectivity index (χ3n) is 3.16. The predicted octanol–water partition coefficient (Wildman–Crippen LogP) is 1.76. The van der Waals surface area contributed by atoms with E-state index in [2.05, 4.69) is 0 Å². The minimum absolute atomic E-state index is 0.445. The van der Waals surface area contributed by atoms with Gasteiger partial charge in [0, 0.05) is 5.57 Å². The Morgan fingerprint density at radius 1 is 1.23 bits per heavy atom. The van der Waals surface area contributed by atoms with Crippen molar-refractivity contribution in [2.24, 2.45) is 0 Å². The smallest absolute Gasteiger partial charge is 0.147 e. The fraction of sp³-hybridized carbons (Fsp3) is 0.700. The largest absolute Gasteiger partial charge is 0.312 e. The molecule has 0 atom stereocenters. The number of carbonyl (C=O) groups is 1. The van der Waals surface area contributed by atoms with E-state index < -0.39 is 11.1 Å². The molecule has 0 radical (unpaired) electrons. The van der Waals surface area contributed by atoms with Crippen LogP contribution in [0.3, 0.4) is 0 Å². The van der Waals surface area contributed by atoms with Gasteiger partial charge in [-0.05, 0) is 40.2 Å². The molecule has 0 aromatic heterocycles. The minimum Gasteiger partial charge on any atom is -0.312 e. The molecule has 1 rings (SSSR count). The number of carbonyl (C=O) groups excluding carboxylic acids is 1. The maximum atomic E-state index is 10.9. The van der Waals surface area contributed by atoms with Gasteiger partial charge in [-0.3, -0.25) is 4.79 Å². The van der Waals surface area contributed by atoms with Crippen molar-refractivity contribution in [3.8, 4) is 0 Å². The van der Waals surface area contributed by atoms with Gasteiger partial charge < -0.3 is 5.21 Å². The quantitative estimate of drug-likeness (QED) is 0.630. The Labute approximate surface area is 79.0 Å². The highest BCUT2D eigenvalue weighted by atomic mass is 16.5. The van der Waals surface area contributed by atoms with Crippen LogP contribution in [0.25, 0.3) is 0 Å². The summed E-state index contributed by atoms with van der Waals surface area (Å²) in [6, 6.07) is 0. The summed E-state index contributed by atoms with van der Waals surface area (Å²) >= 11 is 0. The molecule has 74 valence electrons. The number of aldehydes is 1. The first kappa shape index (κ1) is 10.4. The zero-order valence-corrected chi connectivity index (χ0v) is 8.88. The first-order valence-electron chi connectivity index (χ1n) is 4.42. The number of hydrogen-bond acceptors (Lipinski definition) is 3. The molecule has 1 aliphatic heterocycles. The van der Waals surface area contributed by atoms with Gasteiger partial charge in [-0.25, -0.2) is 0 Å². The van der Waals surface area contributed by atoms with E-state index >= 15 is 0 Å². The molecule has 0 spiro atoms. The summed E-state index contributed by atoms with van der Waals surface area (Å²) in [6.45, 7) is 9.38. The van der Waals surface area contributed by atoms with Gasteiger partial charge in [-0.1, -0.05) is 0 Å². The number of rotatable bonds is 1. The van der Waals surface area contributed by atoms with Gasteiger partial charge in [0.05, 0.1) is 11.1 Å². The SMILES string of the molecule is CC1=C(C=O)C(C)(C)N(O)C1(C)C. The van der Waals surface area contributed by atoms with Crippen LogP contribution < -0.4 is 0 Å². The Morgan fingerprint density at radius 2 is 1.69 bits per heavy atom. The highest BCUT2D eigenvalue weighted by Gasteiger charge is 2.48. The van der Waals surface area contributed by atoms with Crippen molar-refractivity contribution in [3.63, 3.8) is 0 Å². The van der Waals surface area contributed by atoms with Gasteiger partial charge in [0.2, 0.25) is 0 Å². The fourth-order valence-corrected chi connectivity index (χ4v) is 1.99. The van der Waals surface area contributed by atoms with Crippen molar-refractivity contribution in [3.05, 3.63) is 11.1 Å². The highest BCUT2D eigenvalue weighted by molar-refractivity contribution is 5.80. The van der Waals surface area contributed by atoms with Crippen LogP contribution in [-0.4, -0.2) is 27.6 Å². The zero-order valence-electron chi connectivity index (χ0n) is 8.88. The van der Waals surface area contributed by atoms with E-state index in [0.29, 0.717) is 5.57 Å². The van der Waals surface area contributed by atoms with Crippen LogP contribution in [0.1, 0.15) is 34.6 Å². The maximum Gasteiger partial charge on any atom is 0.147 e. The van der Waals surface area contributed by atoms with E-state index in [-0.39, 0.29) is 0 Å². The van der Waals surface area contributed by atoms with Gasteiger partial charge in [0.15, 0.2) is 0 Å². The van der Waals surface area contributed by atoms with E-state index in [4.69, 9.17) is 0 Å². The molecular weight excluding hydrogens is 166 g/mol. The number of hydrogen-bond donors (Lipinski definition) is 1. The van der Waals surface area contributed by atoms with Crippen molar-refractivity contribution in [1.82, 2.24) is 5.06 Å². The van der Waals surface area contributed by atoms with Gasteiger partial charge in [-0.2, -0.15) is 5.06 Å². The molecular formula is C10H17NO2. The molecule has 1 N–H and O–H groups in total. The summed E-state index contributed by atoms with van der Waals surface area (Å²) in [5.74, 6) is 0. The summed E-state index contributed by atoms with van der Waals surface area (Å²) < 4.78 is 0. The standard InChI is InChI=1S/C10H17NO2/c1-7-8(6-12)10(4,5)11(13)9(7,2)3/h6,13H,1-5H3. The lowest BCUT2D eigenvalue weighted by molar-refractivity contribution is -0.187. The molecule has 3 nitrogen and oxygen atoms in total. The normalized spacial score (nSPS) is 26.6. The summed E-state index contributed by atoms with van der Waals surface area (Å²) in [4.78, 5) is 10.9. The van der Waals surface area contributed by atoms with Crippen molar-refractivity contribution in [2.75, 3.05) is 0 Å². The fourth-order valence-electron chi connectivity index (χ4n) is 1.99. The summed E-state index contributed by atoms with van der Waals surface area (Å²) in [6.07, 6.45) is 0.841. The van der Waals surface area contributed by atoms with E-state index in [1.807, 2.05) is 34.6 Å². The lowest BCUT2D eigenvalue weighted by Gasteiger charge is -2.36. The molecule has 0 unspecified atom stereocenters. The summed E-state index contributed by atoms with van der Waals surface area (Å²) in [5.41, 5.74) is 0.602. The van der Waals surface area contributed by atoms with Crippen molar-refractivity contribution in [1.29, 1.82) is 0 Å². The minimum atomic E-state index is -0.574. The van der Waals surface area contributed by atoms with Crippen LogP contribution in [0.15, 0.2) is 11.1 Å². The van der Waals surface area contributed by atoms with E-state index in [1.165, 1.54) is 5.06 Å². The molecule has 0 fully saturated rings. The van der Waals surface area contributed by atoms with Gasteiger partial charge in [0.25, 0.3) is 0 Å². The molecule has 0 aromatic rings. The average molecular weight is 183 g/mol. The molecule has 1 heterocycles. The van der Waals surface area contributed by atoms with Crippen LogP contribution >= 0.6 is 0 Å². The Morgan fingerprint density at radius 3 is 1.85 bits per heavy atom. The molecule has 1 aliphatic rings. The third kappa shape index (κ3) is 1.15. The molecule has 0 amide bonds. The van der Waals surface area contributed by atoms with Gasteiger partial charge >= 0.3 is 0 Å². The molecule has 0 saturated heterocycles. The zero-order chi connectivity index (χ0) is 10.4. The summed E-state index contributed by atoms with van der Waals surface area (Å²) in [7, 11) is 0. The topological polar surface area (TPSA) is 40.5 Å². The molecule has 0 bridgehead atoms. The molecule has 0 aliphatic carbocycles. The lowest BCUT2D eigenvalue weighted by atomic mass is 9.93. The third-order valence-corrected chi connectivity index (χ3v) is 3.16. The van der Waals surface area contributed by atoms with E-state index in [0.717, 1.165) is 11.9 Å². The second-order valence-corrected chi connectivity index (χ2v) is 4.59. The first-order chi connectivity index (χ1) is 5.76. The maximum absolute atomic E-state index is 10.9. The van der Waals surface area contributed by atoms with Gasteiger partial charge in [-0.15, -0.1) is 0 Å². The van der Waals surface area contributed by atoms with Crippen LogP contribution in [0.5, 0.6) is 0 Å². The van der Waals surface area contributed by atoms with Gasteiger partial charge in [0.1, 0.15) is 6.29 Å². The molecule has 0 aromatic carbocycles. The Bertz CT molecular complexity index is 277. The van der Waals surface area contributed by atoms with Crippen LogP contribution in [-0.2, 0) is 4.79 Å². The Balaban J connectivity index is 3.31. The van der Waals surface area contributed by atoms with E-state index in [9.17, 15) is 10.0 Å². The van der Waals surface area contributed by atoms with Crippen molar-refractivity contribution >= 4 is 6.29 Å². The molecule has 0 saturated carbocycles. The van der Waals surface area contributed by atoms with Crippen LogP contribution in [0.4, 0.5) is 0 Å². The average Bonchev–Trinajstić information content (AvgIpc) is 2.12. The number of nitrogens with zero attached hydrogens (tertiary/aromatic N) is 1. The van der Waals surface area contributed by atoms with Crippen LogP contribution in [0, 0.1) is 0 Å². The second-order valence-electron chi connectivity index (χ2n) is 4.59. The highest BCUT2D eigenvalue weighted by Crippen LogP contribution is 2.42. The van der Waals surface area contributed by atoms with Crippen molar-refractivity contribution < 1.29 is 10.0 Å².